The lowest BCUT2D eigenvalue weighted by Gasteiger charge is -2.27. The number of amides is 1. The molecule has 0 bridgehead atoms. The fourth-order valence-corrected chi connectivity index (χ4v) is 4.81. The number of carbonyl (C=O) groups excluding carboxylic acids is 1. The molecule has 2 fully saturated rings. The second kappa shape index (κ2) is 7.49. The van der Waals surface area contributed by atoms with Crippen LogP contribution < -0.4 is 0 Å². The summed E-state index contributed by atoms with van der Waals surface area (Å²) in [4.78, 5) is 17.1. The second-order valence-corrected chi connectivity index (χ2v) is 8.81. The van der Waals surface area contributed by atoms with Crippen LogP contribution in [0.5, 0.6) is 0 Å². The summed E-state index contributed by atoms with van der Waals surface area (Å²) in [6.07, 6.45) is 5.55. The molecule has 25 heavy (non-hydrogen) atoms. The molecule has 0 aromatic heterocycles. The standard InChI is InChI=1S/C22H34N2O/c1-15(2)17-8-6-16(7-9-17)10-22(25)24(5)21-13-18-11-20(23(3)4)12-19(18)14-21/h6-9,15,18-21H,10-14H2,1-5H3/t18-,19+,20?,21?. The Balaban J connectivity index is 1.54. The summed E-state index contributed by atoms with van der Waals surface area (Å²) in [6.45, 7) is 4.40. The van der Waals surface area contributed by atoms with E-state index in [2.05, 4.69) is 57.1 Å². The van der Waals surface area contributed by atoms with Crippen LogP contribution in [0.2, 0.25) is 0 Å². The molecule has 0 saturated heterocycles. The monoisotopic (exact) mass is 342 g/mol. The quantitative estimate of drug-likeness (QED) is 0.809. The van der Waals surface area contributed by atoms with E-state index in [1.807, 2.05) is 11.9 Å². The van der Waals surface area contributed by atoms with Crippen molar-refractivity contribution >= 4 is 5.91 Å². The number of likely N-dealkylation sites (N-methyl/N-ethyl adjacent to an activating group) is 1. The van der Waals surface area contributed by atoms with E-state index in [0.29, 0.717) is 18.4 Å². The van der Waals surface area contributed by atoms with Gasteiger partial charge in [0.05, 0.1) is 6.42 Å². The highest BCUT2D eigenvalue weighted by Crippen LogP contribution is 2.46. The van der Waals surface area contributed by atoms with Crippen molar-refractivity contribution in [2.75, 3.05) is 21.1 Å². The van der Waals surface area contributed by atoms with Gasteiger partial charge in [-0.05, 0) is 68.7 Å². The topological polar surface area (TPSA) is 23.6 Å². The molecule has 3 heteroatoms. The smallest absolute Gasteiger partial charge is 0.226 e. The lowest BCUT2D eigenvalue weighted by molar-refractivity contribution is -0.131. The Morgan fingerprint density at radius 3 is 1.96 bits per heavy atom. The highest BCUT2D eigenvalue weighted by molar-refractivity contribution is 5.78. The molecule has 0 N–H and O–H groups in total. The molecule has 0 radical (unpaired) electrons. The minimum Gasteiger partial charge on any atom is -0.342 e. The molecule has 3 rings (SSSR count). The zero-order chi connectivity index (χ0) is 18.1. The summed E-state index contributed by atoms with van der Waals surface area (Å²) >= 11 is 0. The van der Waals surface area contributed by atoms with Crippen LogP contribution in [0.1, 0.15) is 56.6 Å². The van der Waals surface area contributed by atoms with Crippen LogP contribution in [-0.4, -0.2) is 48.9 Å². The maximum Gasteiger partial charge on any atom is 0.226 e. The van der Waals surface area contributed by atoms with E-state index in [1.54, 1.807) is 0 Å². The van der Waals surface area contributed by atoms with E-state index in [4.69, 9.17) is 0 Å². The second-order valence-electron chi connectivity index (χ2n) is 8.81. The summed E-state index contributed by atoms with van der Waals surface area (Å²) in [7, 11) is 6.41. The van der Waals surface area contributed by atoms with Crippen LogP contribution >= 0.6 is 0 Å². The molecule has 2 aliphatic carbocycles. The van der Waals surface area contributed by atoms with Crippen LogP contribution in [0.15, 0.2) is 24.3 Å². The summed E-state index contributed by atoms with van der Waals surface area (Å²) in [6, 6.07) is 9.75. The highest BCUT2D eigenvalue weighted by Gasteiger charge is 2.43. The number of hydrogen-bond donors (Lipinski definition) is 0. The first kappa shape index (κ1) is 18.4. The lowest BCUT2D eigenvalue weighted by Crippen LogP contribution is -2.37. The largest absolute Gasteiger partial charge is 0.342 e. The maximum atomic E-state index is 12.7. The normalized spacial score (nSPS) is 28.6. The van der Waals surface area contributed by atoms with E-state index in [-0.39, 0.29) is 5.91 Å². The van der Waals surface area contributed by atoms with Crippen molar-refractivity contribution in [2.45, 2.75) is 64.0 Å². The van der Waals surface area contributed by atoms with Crippen molar-refractivity contribution in [3.8, 4) is 0 Å². The van der Waals surface area contributed by atoms with E-state index in [1.165, 1.54) is 31.2 Å². The molecule has 138 valence electrons. The van der Waals surface area contributed by atoms with E-state index in [0.717, 1.165) is 23.4 Å². The number of carbonyl (C=O) groups is 1. The molecule has 0 aliphatic heterocycles. The minimum atomic E-state index is 0.270. The van der Waals surface area contributed by atoms with Crippen LogP contribution in [0.4, 0.5) is 0 Å². The molecule has 2 saturated carbocycles. The van der Waals surface area contributed by atoms with Crippen molar-refractivity contribution in [3.05, 3.63) is 35.4 Å². The number of rotatable bonds is 5. The Bertz CT molecular complexity index is 579. The van der Waals surface area contributed by atoms with Gasteiger partial charge >= 0.3 is 0 Å². The van der Waals surface area contributed by atoms with Gasteiger partial charge in [-0.25, -0.2) is 0 Å². The molecule has 1 amide bonds. The molecule has 0 spiro atoms. The average Bonchev–Trinajstić information content (AvgIpc) is 3.13. The van der Waals surface area contributed by atoms with Crippen LogP contribution in [0.25, 0.3) is 0 Å². The van der Waals surface area contributed by atoms with Crippen LogP contribution in [0.3, 0.4) is 0 Å². The lowest BCUT2D eigenvalue weighted by atomic mass is 10.0. The van der Waals surface area contributed by atoms with Crippen molar-refractivity contribution in [1.29, 1.82) is 0 Å². The Labute approximate surface area is 153 Å². The summed E-state index contributed by atoms with van der Waals surface area (Å²) in [5, 5.41) is 0. The Morgan fingerprint density at radius 2 is 1.48 bits per heavy atom. The first-order valence-corrected chi connectivity index (χ1v) is 9.86. The number of benzene rings is 1. The Kier molecular flexibility index (Phi) is 5.52. The van der Waals surface area contributed by atoms with E-state index < -0.39 is 0 Å². The van der Waals surface area contributed by atoms with Crippen molar-refractivity contribution in [3.63, 3.8) is 0 Å². The third-order valence-electron chi connectivity index (χ3n) is 6.64. The average molecular weight is 343 g/mol. The molecular formula is C22H34N2O. The first-order valence-electron chi connectivity index (χ1n) is 9.86. The Hall–Kier alpha value is -1.35. The van der Waals surface area contributed by atoms with Crippen molar-refractivity contribution in [2.24, 2.45) is 11.8 Å². The van der Waals surface area contributed by atoms with Gasteiger partial charge in [-0.1, -0.05) is 38.1 Å². The molecule has 3 nitrogen and oxygen atoms in total. The van der Waals surface area contributed by atoms with Crippen molar-refractivity contribution < 1.29 is 4.79 Å². The molecule has 1 aromatic rings. The first-order chi connectivity index (χ1) is 11.8. The number of hydrogen-bond acceptors (Lipinski definition) is 2. The van der Waals surface area contributed by atoms with Gasteiger partial charge in [-0.2, -0.15) is 0 Å². The predicted octanol–water partition coefficient (Wildman–Crippen LogP) is 3.93. The fourth-order valence-electron chi connectivity index (χ4n) is 4.81. The number of nitrogens with zero attached hydrogens (tertiary/aromatic N) is 2. The summed E-state index contributed by atoms with van der Waals surface area (Å²) in [5.41, 5.74) is 2.47. The zero-order valence-corrected chi connectivity index (χ0v) is 16.5. The van der Waals surface area contributed by atoms with E-state index in [9.17, 15) is 4.79 Å². The van der Waals surface area contributed by atoms with Gasteiger partial charge in [-0.3, -0.25) is 4.79 Å². The Morgan fingerprint density at radius 1 is 0.960 bits per heavy atom. The van der Waals surface area contributed by atoms with Crippen LogP contribution in [0, 0.1) is 11.8 Å². The third-order valence-corrected chi connectivity index (χ3v) is 6.64. The van der Waals surface area contributed by atoms with Gasteiger partial charge < -0.3 is 9.80 Å². The molecular weight excluding hydrogens is 308 g/mol. The molecule has 0 heterocycles. The zero-order valence-electron chi connectivity index (χ0n) is 16.5. The molecule has 4 atom stereocenters. The molecule has 1 aromatic carbocycles. The molecule has 2 aliphatic rings. The third kappa shape index (κ3) is 4.08. The highest BCUT2D eigenvalue weighted by atomic mass is 16.2. The maximum absolute atomic E-state index is 12.7. The van der Waals surface area contributed by atoms with Crippen molar-refractivity contribution in [1.82, 2.24) is 9.80 Å². The van der Waals surface area contributed by atoms with Gasteiger partial charge in [0.2, 0.25) is 5.91 Å². The number of fused-ring (bicyclic) bond motifs is 1. The summed E-state index contributed by atoms with van der Waals surface area (Å²) < 4.78 is 0. The van der Waals surface area contributed by atoms with Crippen LogP contribution in [-0.2, 0) is 11.2 Å². The minimum absolute atomic E-state index is 0.270. The fraction of sp³-hybridized carbons (Fsp3) is 0.682. The summed E-state index contributed by atoms with van der Waals surface area (Å²) in [5.74, 6) is 2.44. The van der Waals surface area contributed by atoms with Gasteiger partial charge in [0.1, 0.15) is 0 Å². The van der Waals surface area contributed by atoms with Gasteiger partial charge in [0, 0.05) is 19.1 Å². The van der Waals surface area contributed by atoms with Gasteiger partial charge in [0.15, 0.2) is 0 Å². The predicted molar refractivity (Wildman–Crippen MR) is 104 cm³/mol. The molecule has 2 unspecified atom stereocenters. The SMILES string of the molecule is CC(C)c1ccc(CC(=O)N(C)C2C[C@H]3CC(N(C)C)C[C@H]3C2)cc1. The van der Waals surface area contributed by atoms with Gasteiger partial charge in [0.25, 0.3) is 0 Å². The van der Waals surface area contributed by atoms with E-state index >= 15 is 0 Å². The van der Waals surface area contributed by atoms with Gasteiger partial charge in [-0.15, -0.1) is 0 Å².